The maximum atomic E-state index is 11.7. The molecule has 1 saturated carbocycles. The van der Waals surface area contributed by atoms with Gasteiger partial charge in [0.1, 0.15) is 11.5 Å². The van der Waals surface area contributed by atoms with E-state index in [0.717, 1.165) is 0 Å². The number of aromatic hydroxyl groups is 1. The van der Waals surface area contributed by atoms with Crippen LogP contribution in [0.2, 0.25) is 0 Å². The minimum atomic E-state index is -0.877. The van der Waals surface area contributed by atoms with Crippen LogP contribution >= 0.6 is 0 Å². The first-order valence-corrected chi connectivity index (χ1v) is 6.31. The molecule has 3 atom stereocenters. The first-order chi connectivity index (χ1) is 9.06. The van der Waals surface area contributed by atoms with Gasteiger partial charge < -0.3 is 14.9 Å². The smallest absolute Gasteiger partial charge is 0.307 e. The summed E-state index contributed by atoms with van der Waals surface area (Å²) in [5, 5.41) is 19.4. The first kappa shape index (κ1) is 12.0. The molecule has 5 nitrogen and oxygen atoms in total. The van der Waals surface area contributed by atoms with Crippen LogP contribution in [0.4, 0.5) is 0 Å². The lowest BCUT2D eigenvalue weighted by molar-refractivity contribution is -0.139. The minimum absolute atomic E-state index is 0.0946. The Kier molecular flexibility index (Phi) is 2.52. The number of ether oxygens (including phenoxy) is 1. The maximum absolute atomic E-state index is 11.7. The zero-order chi connectivity index (χ0) is 13.7. The summed E-state index contributed by atoms with van der Waals surface area (Å²) in [6.07, 6.45) is 0.295. The van der Waals surface area contributed by atoms with Crippen molar-refractivity contribution >= 4 is 11.8 Å². The number of carboxylic acid groups (broad SMARTS) is 1. The standard InChI is InChI=1S/C14H14O5/c1-2-8(15)6-3-4-9-12(13(6)16)10-7(5-19-9)11(10)14(17)18/h3-4,7,10-11,16H,2,5H2,1H3,(H,17,18)/t7?,10-,11+/m0/s1. The minimum Gasteiger partial charge on any atom is -0.507 e. The molecule has 100 valence electrons. The fourth-order valence-electron chi connectivity index (χ4n) is 2.95. The van der Waals surface area contributed by atoms with Crippen LogP contribution in [0.25, 0.3) is 0 Å². The molecule has 0 saturated heterocycles. The number of hydrogen-bond acceptors (Lipinski definition) is 4. The Morgan fingerprint density at radius 3 is 2.79 bits per heavy atom. The van der Waals surface area contributed by atoms with Gasteiger partial charge in [-0.1, -0.05) is 6.92 Å². The van der Waals surface area contributed by atoms with Crippen LogP contribution in [0.15, 0.2) is 12.1 Å². The molecule has 1 aromatic rings. The largest absolute Gasteiger partial charge is 0.507 e. The number of ketones is 1. The lowest BCUT2D eigenvalue weighted by Crippen LogP contribution is -2.10. The Bertz CT molecular complexity index is 577. The van der Waals surface area contributed by atoms with Crippen molar-refractivity contribution in [1.29, 1.82) is 0 Å². The Hall–Kier alpha value is -2.04. The quantitative estimate of drug-likeness (QED) is 0.811. The van der Waals surface area contributed by atoms with E-state index in [9.17, 15) is 14.7 Å². The molecule has 1 aromatic carbocycles. The number of carbonyl (C=O) groups is 2. The van der Waals surface area contributed by atoms with Crippen molar-refractivity contribution in [1.82, 2.24) is 0 Å². The summed E-state index contributed by atoms with van der Waals surface area (Å²) in [5.41, 5.74) is 0.740. The van der Waals surface area contributed by atoms with E-state index in [1.807, 2.05) is 0 Å². The van der Waals surface area contributed by atoms with Gasteiger partial charge in [0.2, 0.25) is 0 Å². The van der Waals surface area contributed by atoms with Crippen LogP contribution < -0.4 is 4.74 Å². The summed E-state index contributed by atoms with van der Waals surface area (Å²) in [6, 6.07) is 3.18. The lowest BCUT2D eigenvalue weighted by atomic mass is 9.97. The average Bonchev–Trinajstić information content (AvgIpc) is 3.12. The van der Waals surface area contributed by atoms with E-state index < -0.39 is 11.9 Å². The van der Waals surface area contributed by atoms with Crippen molar-refractivity contribution < 1.29 is 24.5 Å². The van der Waals surface area contributed by atoms with E-state index in [2.05, 4.69) is 0 Å². The van der Waals surface area contributed by atoms with Gasteiger partial charge in [0.05, 0.1) is 18.1 Å². The summed E-state index contributed by atoms with van der Waals surface area (Å²) >= 11 is 0. The highest BCUT2D eigenvalue weighted by atomic mass is 16.5. The third kappa shape index (κ3) is 1.61. The molecule has 0 aromatic heterocycles. The molecular weight excluding hydrogens is 248 g/mol. The SMILES string of the molecule is CCC(=O)c1ccc2c(c1O)[C@H]1C(CO2)[C@H]1C(=O)O. The highest BCUT2D eigenvalue weighted by Crippen LogP contribution is 2.61. The molecular formula is C14H14O5. The molecule has 1 fully saturated rings. The number of phenolic OH excluding ortho intramolecular Hbond substituents is 1. The van der Waals surface area contributed by atoms with Crippen LogP contribution in [0.5, 0.6) is 11.5 Å². The highest BCUT2D eigenvalue weighted by Gasteiger charge is 2.60. The number of benzene rings is 1. The summed E-state index contributed by atoms with van der Waals surface area (Å²) in [6.45, 7) is 2.08. The second-order valence-electron chi connectivity index (χ2n) is 5.01. The lowest BCUT2D eigenvalue weighted by Gasteiger charge is -2.18. The van der Waals surface area contributed by atoms with Crippen LogP contribution in [-0.2, 0) is 4.79 Å². The fourth-order valence-corrected chi connectivity index (χ4v) is 2.95. The van der Waals surface area contributed by atoms with Crippen molar-refractivity contribution in [2.75, 3.05) is 6.61 Å². The molecule has 0 amide bonds. The van der Waals surface area contributed by atoms with E-state index in [1.165, 1.54) is 0 Å². The number of carbonyl (C=O) groups excluding carboxylic acids is 1. The highest BCUT2D eigenvalue weighted by molar-refractivity contribution is 5.99. The summed E-state index contributed by atoms with van der Waals surface area (Å²) in [7, 11) is 0. The zero-order valence-electron chi connectivity index (χ0n) is 10.4. The maximum Gasteiger partial charge on any atom is 0.307 e. The van der Waals surface area contributed by atoms with E-state index in [0.29, 0.717) is 24.3 Å². The van der Waals surface area contributed by atoms with Gasteiger partial charge in [0.15, 0.2) is 5.78 Å². The van der Waals surface area contributed by atoms with Gasteiger partial charge in [-0.3, -0.25) is 9.59 Å². The van der Waals surface area contributed by atoms with Crippen molar-refractivity contribution in [3.05, 3.63) is 23.3 Å². The molecule has 1 heterocycles. The monoisotopic (exact) mass is 262 g/mol. The summed E-state index contributed by atoms with van der Waals surface area (Å²) in [4.78, 5) is 22.9. The molecule has 0 bridgehead atoms. The normalized spacial score (nSPS) is 26.9. The predicted molar refractivity (Wildman–Crippen MR) is 65.6 cm³/mol. The number of rotatable bonds is 3. The topological polar surface area (TPSA) is 83.8 Å². The van der Waals surface area contributed by atoms with Gasteiger partial charge in [-0.15, -0.1) is 0 Å². The zero-order valence-corrected chi connectivity index (χ0v) is 10.4. The first-order valence-electron chi connectivity index (χ1n) is 6.31. The van der Waals surface area contributed by atoms with Crippen LogP contribution in [0.3, 0.4) is 0 Å². The molecule has 3 rings (SSSR count). The Labute approximate surface area is 109 Å². The molecule has 1 aliphatic carbocycles. The number of phenols is 1. The molecule has 1 aliphatic heterocycles. The van der Waals surface area contributed by atoms with E-state index in [4.69, 9.17) is 9.84 Å². The van der Waals surface area contributed by atoms with Crippen molar-refractivity contribution in [3.8, 4) is 11.5 Å². The van der Waals surface area contributed by atoms with Gasteiger partial charge in [-0.2, -0.15) is 0 Å². The van der Waals surface area contributed by atoms with Gasteiger partial charge in [0, 0.05) is 23.8 Å². The summed E-state index contributed by atoms with van der Waals surface area (Å²) in [5.74, 6) is -1.49. The Morgan fingerprint density at radius 2 is 2.16 bits per heavy atom. The number of Topliss-reactive ketones (excluding diaryl/α,β-unsaturated/α-hetero) is 1. The molecule has 1 unspecified atom stereocenters. The molecule has 2 N–H and O–H groups in total. The number of aliphatic carboxylic acids is 1. The third-order valence-corrected chi connectivity index (χ3v) is 4.02. The van der Waals surface area contributed by atoms with Gasteiger partial charge in [0.25, 0.3) is 0 Å². The van der Waals surface area contributed by atoms with Crippen molar-refractivity contribution in [2.24, 2.45) is 11.8 Å². The van der Waals surface area contributed by atoms with Gasteiger partial charge >= 0.3 is 5.97 Å². The molecule has 19 heavy (non-hydrogen) atoms. The van der Waals surface area contributed by atoms with Crippen molar-refractivity contribution in [3.63, 3.8) is 0 Å². The Morgan fingerprint density at radius 1 is 1.42 bits per heavy atom. The van der Waals surface area contributed by atoms with E-state index in [1.54, 1.807) is 19.1 Å². The Balaban J connectivity index is 2.07. The average molecular weight is 262 g/mol. The molecule has 2 aliphatic rings. The summed E-state index contributed by atoms with van der Waals surface area (Å²) < 4.78 is 5.47. The molecule has 0 spiro atoms. The van der Waals surface area contributed by atoms with Crippen molar-refractivity contribution in [2.45, 2.75) is 19.3 Å². The van der Waals surface area contributed by atoms with Crippen LogP contribution in [-0.4, -0.2) is 28.6 Å². The van der Waals surface area contributed by atoms with Crippen LogP contribution in [0.1, 0.15) is 35.2 Å². The molecule has 5 heteroatoms. The number of fused-ring (bicyclic) bond motifs is 3. The number of hydrogen-bond donors (Lipinski definition) is 2. The van der Waals surface area contributed by atoms with Crippen LogP contribution in [0, 0.1) is 11.8 Å². The molecule has 0 radical (unpaired) electrons. The second kappa shape index (κ2) is 3.98. The number of carboxylic acids is 1. The van der Waals surface area contributed by atoms with E-state index in [-0.39, 0.29) is 28.9 Å². The van der Waals surface area contributed by atoms with E-state index >= 15 is 0 Å². The predicted octanol–water partition coefficient (Wildman–Crippen LogP) is 1.79. The van der Waals surface area contributed by atoms with Gasteiger partial charge in [-0.25, -0.2) is 0 Å². The second-order valence-corrected chi connectivity index (χ2v) is 5.01. The fraction of sp³-hybridized carbons (Fsp3) is 0.429. The third-order valence-electron chi connectivity index (χ3n) is 4.02. The van der Waals surface area contributed by atoms with Gasteiger partial charge in [-0.05, 0) is 12.1 Å².